The lowest BCUT2D eigenvalue weighted by Crippen LogP contribution is -1.93. The monoisotopic (exact) mass is 165 g/mol. The number of rotatable bonds is 1. The first kappa shape index (κ1) is 9.91. The minimum Gasteiger partial charge on any atom is -0.393 e. The number of nitriles is 1. The molecule has 62 valence electrons. The van der Waals surface area contributed by atoms with Crippen LogP contribution >= 0.6 is 0 Å². The van der Waals surface area contributed by atoms with Gasteiger partial charge in [0.2, 0.25) is 0 Å². The van der Waals surface area contributed by atoms with Gasteiger partial charge in [0.1, 0.15) is 5.69 Å². The van der Waals surface area contributed by atoms with E-state index in [2.05, 4.69) is 6.57 Å². The van der Waals surface area contributed by atoms with Gasteiger partial charge < -0.3 is 5.73 Å². The Hall–Kier alpha value is -2.09. The Kier molecular flexibility index (Phi) is 3.87. The number of nitrogen functional groups attached to an aromatic ring is 1. The first-order valence-electron chi connectivity index (χ1n) is 2.96. The Morgan fingerprint density at radius 2 is 1.92 bits per heavy atom. The molecule has 0 unspecified atom stereocenters. The van der Waals surface area contributed by atoms with E-state index < -0.39 is 4.92 Å². The minimum absolute atomic E-state index is 0.0394. The van der Waals surface area contributed by atoms with Crippen molar-refractivity contribution < 1.29 is 4.92 Å². The van der Waals surface area contributed by atoms with Crippen LogP contribution in [0.5, 0.6) is 0 Å². The second-order valence-corrected chi connectivity index (χ2v) is 1.82. The van der Waals surface area contributed by atoms with Crippen LogP contribution in [-0.4, -0.2) is 4.92 Å². The maximum Gasteiger partial charge on any atom is 0.292 e. The van der Waals surface area contributed by atoms with E-state index in [-0.39, 0.29) is 11.4 Å². The zero-order chi connectivity index (χ0) is 9.56. The van der Waals surface area contributed by atoms with E-state index in [1.807, 2.05) is 0 Å². The number of hydrogen-bond donors (Lipinski definition) is 1. The first-order valence-corrected chi connectivity index (χ1v) is 2.96. The van der Waals surface area contributed by atoms with Gasteiger partial charge >= 0.3 is 0 Å². The summed E-state index contributed by atoms with van der Waals surface area (Å²) in [6, 6.07) is 6.10. The van der Waals surface area contributed by atoms with Crippen molar-refractivity contribution in [2.75, 3.05) is 5.73 Å². The molecule has 5 nitrogen and oxygen atoms in total. The van der Waals surface area contributed by atoms with E-state index in [0.717, 1.165) is 0 Å². The van der Waals surface area contributed by atoms with Crippen molar-refractivity contribution in [1.82, 2.24) is 0 Å². The first-order chi connectivity index (χ1) is 5.72. The number of nitro benzene ring substituents is 1. The highest BCUT2D eigenvalue weighted by Crippen LogP contribution is 2.18. The second kappa shape index (κ2) is 4.68. The topological polar surface area (TPSA) is 93.0 Å². The van der Waals surface area contributed by atoms with Gasteiger partial charge in [0.25, 0.3) is 5.69 Å². The van der Waals surface area contributed by atoms with Gasteiger partial charge in [0, 0.05) is 12.6 Å². The maximum atomic E-state index is 10.1. The Morgan fingerprint density at radius 1 is 1.42 bits per heavy atom. The highest BCUT2D eigenvalue weighted by molar-refractivity contribution is 5.57. The molecule has 0 heterocycles. The van der Waals surface area contributed by atoms with E-state index in [1.165, 1.54) is 12.1 Å². The number of nitrogens with zero attached hydrogens (tertiary/aromatic N) is 2. The molecule has 0 spiro atoms. The number of hydrogen-bond acceptors (Lipinski definition) is 4. The zero-order valence-electron chi connectivity index (χ0n) is 6.18. The maximum absolute atomic E-state index is 10.1. The molecule has 0 aliphatic carbocycles. The lowest BCUT2D eigenvalue weighted by molar-refractivity contribution is -0.383. The van der Waals surface area contributed by atoms with Gasteiger partial charge in [0.05, 0.1) is 4.92 Å². The molecule has 0 fully saturated rings. The minimum atomic E-state index is -0.505. The van der Waals surface area contributed by atoms with Crippen LogP contribution in [0.25, 0.3) is 0 Å². The average Bonchev–Trinajstić information content (AvgIpc) is 2.08. The van der Waals surface area contributed by atoms with Crippen LogP contribution in [0, 0.1) is 21.9 Å². The molecule has 0 aromatic heterocycles. The van der Waals surface area contributed by atoms with Gasteiger partial charge in [-0.25, -0.2) is 5.26 Å². The van der Waals surface area contributed by atoms with E-state index in [0.29, 0.717) is 0 Å². The predicted molar refractivity (Wildman–Crippen MR) is 44.2 cm³/mol. The van der Waals surface area contributed by atoms with Crippen molar-refractivity contribution in [2.24, 2.45) is 0 Å². The zero-order valence-corrected chi connectivity index (χ0v) is 6.18. The fourth-order valence-corrected chi connectivity index (χ4v) is 0.654. The van der Waals surface area contributed by atoms with Gasteiger partial charge in [-0.05, 0) is 6.07 Å². The van der Waals surface area contributed by atoms with Crippen LogP contribution in [-0.2, 0) is 0 Å². The van der Waals surface area contributed by atoms with Crippen molar-refractivity contribution in [3.8, 4) is 6.57 Å². The van der Waals surface area contributed by atoms with Crippen LogP contribution in [0.1, 0.15) is 0 Å². The number of benzene rings is 1. The average molecular weight is 165 g/mol. The fourth-order valence-electron chi connectivity index (χ4n) is 0.654. The summed E-state index contributed by atoms with van der Waals surface area (Å²) in [5.74, 6) is 0. The van der Waals surface area contributed by atoms with Gasteiger partial charge in [-0.15, -0.1) is 0 Å². The molecule has 5 heteroatoms. The van der Waals surface area contributed by atoms with Crippen LogP contribution in [0.3, 0.4) is 0 Å². The summed E-state index contributed by atoms with van der Waals surface area (Å²) in [4.78, 5) is 9.64. The van der Waals surface area contributed by atoms with Gasteiger partial charge in [-0.3, -0.25) is 10.1 Å². The SMILES string of the molecule is C#N.Nc1ccccc1[N+](=O)[O-]. The summed E-state index contributed by atoms with van der Waals surface area (Å²) in [5.41, 5.74) is 5.44. The van der Waals surface area contributed by atoms with Crippen molar-refractivity contribution >= 4 is 11.4 Å². The molecule has 0 bridgehead atoms. The predicted octanol–water partition coefficient (Wildman–Crippen LogP) is 1.32. The summed E-state index contributed by atoms with van der Waals surface area (Å²) >= 11 is 0. The Morgan fingerprint density at radius 3 is 2.25 bits per heavy atom. The Bertz CT molecular complexity index is 296. The summed E-state index contributed by atoms with van der Waals surface area (Å²) in [5, 5.41) is 16.6. The molecular weight excluding hydrogens is 158 g/mol. The molecule has 0 aliphatic rings. The van der Waals surface area contributed by atoms with E-state index in [1.54, 1.807) is 12.1 Å². The number of nitrogens with two attached hydrogens (primary N) is 1. The van der Waals surface area contributed by atoms with Crippen LogP contribution in [0.4, 0.5) is 11.4 Å². The van der Waals surface area contributed by atoms with Crippen molar-refractivity contribution in [2.45, 2.75) is 0 Å². The van der Waals surface area contributed by atoms with Gasteiger partial charge in [-0.2, -0.15) is 0 Å². The van der Waals surface area contributed by atoms with Crippen molar-refractivity contribution in [3.63, 3.8) is 0 Å². The highest BCUT2D eigenvalue weighted by atomic mass is 16.6. The van der Waals surface area contributed by atoms with Crippen LogP contribution in [0.15, 0.2) is 24.3 Å². The number of nitro groups is 1. The third-order valence-electron chi connectivity index (χ3n) is 1.13. The highest BCUT2D eigenvalue weighted by Gasteiger charge is 2.07. The van der Waals surface area contributed by atoms with E-state index in [9.17, 15) is 10.1 Å². The molecule has 2 N–H and O–H groups in total. The summed E-state index contributed by atoms with van der Waals surface area (Å²) in [6.07, 6.45) is 0. The van der Waals surface area contributed by atoms with Gasteiger partial charge in [0.15, 0.2) is 0 Å². The standard InChI is InChI=1S/C6H6N2O2.CHN/c7-5-3-1-2-4-6(5)8(9)10;1-2/h1-4H,7H2;1H. The van der Waals surface area contributed by atoms with E-state index >= 15 is 0 Å². The number of anilines is 1. The largest absolute Gasteiger partial charge is 0.393 e. The van der Waals surface area contributed by atoms with Crippen molar-refractivity contribution in [1.29, 1.82) is 5.26 Å². The molecule has 0 amide bonds. The third kappa shape index (κ3) is 2.27. The summed E-state index contributed by atoms with van der Waals surface area (Å²) in [6.45, 7) is 3.50. The second-order valence-electron chi connectivity index (χ2n) is 1.82. The Labute approximate surface area is 69.2 Å². The molecule has 12 heavy (non-hydrogen) atoms. The molecule has 0 aliphatic heterocycles. The molecule has 1 aromatic carbocycles. The third-order valence-corrected chi connectivity index (χ3v) is 1.13. The molecule has 0 saturated carbocycles. The molecule has 1 rings (SSSR count). The van der Waals surface area contributed by atoms with Gasteiger partial charge in [-0.1, -0.05) is 12.1 Å². The fraction of sp³-hybridized carbons (Fsp3) is 0. The van der Waals surface area contributed by atoms with E-state index in [4.69, 9.17) is 11.0 Å². The summed E-state index contributed by atoms with van der Waals surface area (Å²) in [7, 11) is 0. The Balaban J connectivity index is 0.000000561. The van der Waals surface area contributed by atoms with Crippen molar-refractivity contribution in [3.05, 3.63) is 34.4 Å². The van der Waals surface area contributed by atoms with Crippen LogP contribution in [0.2, 0.25) is 0 Å². The lowest BCUT2D eigenvalue weighted by atomic mass is 10.3. The molecule has 0 radical (unpaired) electrons. The van der Waals surface area contributed by atoms with Crippen LogP contribution < -0.4 is 5.73 Å². The smallest absolute Gasteiger partial charge is 0.292 e. The summed E-state index contributed by atoms with van der Waals surface area (Å²) < 4.78 is 0. The molecule has 0 saturated heterocycles. The lowest BCUT2D eigenvalue weighted by Gasteiger charge is -1.92. The number of para-hydroxylation sites is 2. The normalized spacial score (nSPS) is 7.83. The molecule has 1 aromatic rings. The molecular formula is C7H7N3O2. The molecule has 0 atom stereocenters. The quantitative estimate of drug-likeness (QED) is 0.385.